The van der Waals surface area contributed by atoms with Crippen molar-refractivity contribution in [2.75, 3.05) is 13.7 Å². The van der Waals surface area contributed by atoms with Gasteiger partial charge in [0.05, 0.1) is 25.0 Å². The largest absolute Gasteiger partial charge is 0.493 e. The van der Waals surface area contributed by atoms with Gasteiger partial charge in [-0.25, -0.2) is 4.39 Å². The first-order chi connectivity index (χ1) is 10.2. The molecule has 1 heterocycles. The second-order valence-corrected chi connectivity index (χ2v) is 4.85. The molecule has 1 unspecified atom stereocenters. The lowest BCUT2D eigenvalue weighted by molar-refractivity contribution is 0.391. The van der Waals surface area contributed by atoms with Gasteiger partial charge in [0.15, 0.2) is 5.75 Å². The predicted octanol–water partition coefficient (Wildman–Crippen LogP) is 2.94. The van der Waals surface area contributed by atoms with Crippen molar-refractivity contribution in [3.8, 4) is 5.75 Å². The fourth-order valence-electron chi connectivity index (χ4n) is 2.51. The number of halogens is 1. The van der Waals surface area contributed by atoms with Gasteiger partial charge in [0.1, 0.15) is 5.82 Å². The summed E-state index contributed by atoms with van der Waals surface area (Å²) in [5, 5.41) is 7.82. The molecule has 0 bridgehead atoms. The molecular formula is C16H22FN3O. The number of aryl methyl sites for hydroxylation is 1. The van der Waals surface area contributed by atoms with E-state index < -0.39 is 0 Å². The minimum atomic E-state index is -0.213. The van der Waals surface area contributed by atoms with Crippen molar-refractivity contribution in [3.63, 3.8) is 0 Å². The van der Waals surface area contributed by atoms with Crippen LogP contribution in [0.4, 0.5) is 4.39 Å². The fraction of sp³-hybridized carbons (Fsp3) is 0.438. The Morgan fingerprint density at radius 2 is 2.00 bits per heavy atom. The fourth-order valence-corrected chi connectivity index (χ4v) is 2.51. The van der Waals surface area contributed by atoms with E-state index in [0.29, 0.717) is 0 Å². The van der Waals surface area contributed by atoms with Crippen LogP contribution in [0.15, 0.2) is 30.5 Å². The number of hydrogen-bond acceptors (Lipinski definition) is 3. The van der Waals surface area contributed by atoms with Crippen LogP contribution in [0.2, 0.25) is 0 Å². The minimum Gasteiger partial charge on any atom is -0.493 e. The topological polar surface area (TPSA) is 39.1 Å². The van der Waals surface area contributed by atoms with Crippen molar-refractivity contribution in [3.05, 3.63) is 47.5 Å². The standard InChI is InChI=1S/C16H22FN3O/c1-4-18-14(10-12-6-8-13(17)9-7-12)16-15(21-3)11-19-20(16)5-2/h6-9,11,14,18H,4-5,10H2,1-3H3. The average molecular weight is 291 g/mol. The van der Waals surface area contributed by atoms with Gasteiger partial charge >= 0.3 is 0 Å². The van der Waals surface area contributed by atoms with Crippen LogP contribution in [0.1, 0.15) is 31.1 Å². The number of aromatic nitrogens is 2. The van der Waals surface area contributed by atoms with Gasteiger partial charge in [0, 0.05) is 6.54 Å². The Bertz CT molecular complexity index is 544. The van der Waals surface area contributed by atoms with Crippen LogP contribution in [-0.2, 0) is 13.0 Å². The monoisotopic (exact) mass is 291 g/mol. The summed E-state index contributed by atoms with van der Waals surface area (Å²) in [5.74, 6) is 0.569. The molecule has 4 nitrogen and oxygen atoms in total. The van der Waals surface area contributed by atoms with Crippen LogP contribution in [0.3, 0.4) is 0 Å². The molecular weight excluding hydrogens is 269 g/mol. The molecule has 21 heavy (non-hydrogen) atoms. The third kappa shape index (κ3) is 3.61. The second kappa shape index (κ2) is 7.22. The van der Waals surface area contributed by atoms with E-state index in [9.17, 15) is 4.39 Å². The van der Waals surface area contributed by atoms with Gasteiger partial charge in [-0.2, -0.15) is 5.10 Å². The van der Waals surface area contributed by atoms with Gasteiger partial charge in [-0.15, -0.1) is 0 Å². The quantitative estimate of drug-likeness (QED) is 0.852. The average Bonchev–Trinajstić information content (AvgIpc) is 2.92. The first-order valence-electron chi connectivity index (χ1n) is 7.27. The van der Waals surface area contributed by atoms with Crippen molar-refractivity contribution in [1.82, 2.24) is 15.1 Å². The number of ether oxygens (including phenoxy) is 1. The summed E-state index contributed by atoms with van der Waals surface area (Å²) >= 11 is 0. The lowest BCUT2D eigenvalue weighted by atomic mass is 10.0. The van der Waals surface area contributed by atoms with Gasteiger partial charge in [0.25, 0.3) is 0 Å². The van der Waals surface area contributed by atoms with Gasteiger partial charge < -0.3 is 10.1 Å². The maximum absolute atomic E-state index is 13.0. The molecule has 0 spiro atoms. The van der Waals surface area contributed by atoms with Crippen molar-refractivity contribution in [1.29, 1.82) is 0 Å². The van der Waals surface area contributed by atoms with E-state index in [4.69, 9.17) is 4.74 Å². The SMILES string of the molecule is CCNC(Cc1ccc(F)cc1)c1c(OC)cnn1CC. The van der Waals surface area contributed by atoms with E-state index >= 15 is 0 Å². The summed E-state index contributed by atoms with van der Waals surface area (Å²) in [6.07, 6.45) is 2.50. The highest BCUT2D eigenvalue weighted by atomic mass is 19.1. The third-order valence-corrected chi connectivity index (χ3v) is 3.50. The van der Waals surface area contributed by atoms with Crippen LogP contribution in [-0.4, -0.2) is 23.4 Å². The maximum Gasteiger partial charge on any atom is 0.161 e. The molecule has 2 rings (SSSR count). The number of nitrogens with one attached hydrogen (secondary N) is 1. The zero-order chi connectivity index (χ0) is 15.2. The molecule has 1 aromatic carbocycles. The zero-order valence-electron chi connectivity index (χ0n) is 12.8. The summed E-state index contributed by atoms with van der Waals surface area (Å²) < 4.78 is 20.4. The summed E-state index contributed by atoms with van der Waals surface area (Å²) in [4.78, 5) is 0. The first-order valence-corrected chi connectivity index (χ1v) is 7.27. The molecule has 0 fully saturated rings. The van der Waals surface area contributed by atoms with Crippen LogP contribution in [0.25, 0.3) is 0 Å². The van der Waals surface area contributed by atoms with Crippen molar-refractivity contribution >= 4 is 0 Å². The molecule has 0 aliphatic heterocycles. The molecule has 0 aliphatic rings. The highest BCUT2D eigenvalue weighted by molar-refractivity contribution is 5.30. The number of nitrogens with zero attached hydrogens (tertiary/aromatic N) is 2. The third-order valence-electron chi connectivity index (χ3n) is 3.50. The summed E-state index contributed by atoms with van der Waals surface area (Å²) in [6.45, 7) is 5.74. The van der Waals surface area contributed by atoms with Crippen molar-refractivity contribution in [2.24, 2.45) is 0 Å². The maximum atomic E-state index is 13.0. The number of likely N-dealkylation sites (N-methyl/N-ethyl adjacent to an activating group) is 1. The number of methoxy groups -OCH3 is 1. The summed E-state index contributed by atoms with van der Waals surface area (Å²) in [7, 11) is 1.65. The Morgan fingerprint density at radius 1 is 1.29 bits per heavy atom. The number of benzene rings is 1. The first kappa shape index (κ1) is 15.5. The Morgan fingerprint density at radius 3 is 2.57 bits per heavy atom. The molecule has 1 aromatic heterocycles. The van der Waals surface area contributed by atoms with Crippen LogP contribution in [0.5, 0.6) is 5.75 Å². The Kier molecular flexibility index (Phi) is 5.33. The number of rotatable bonds is 7. The molecule has 1 N–H and O–H groups in total. The smallest absolute Gasteiger partial charge is 0.161 e. The lowest BCUT2D eigenvalue weighted by Gasteiger charge is -2.20. The molecule has 0 saturated heterocycles. The van der Waals surface area contributed by atoms with E-state index in [1.807, 2.05) is 16.8 Å². The van der Waals surface area contributed by atoms with E-state index in [1.54, 1.807) is 13.3 Å². The zero-order valence-corrected chi connectivity index (χ0v) is 12.8. The summed E-state index contributed by atoms with van der Waals surface area (Å²) in [5.41, 5.74) is 2.11. The van der Waals surface area contributed by atoms with E-state index in [2.05, 4.69) is 24.3 Å². The van der Waals surface area contributed by atoms with Gasteiger partial charge in [-0.1, -0.05) is 19.1 Å². The molecule has 0 saturated carbocycles. The van der Waals surface area contributed by atoms with Crippen molar-refractivity contribution < 1.29 is 9.13 Å². The molecule has 114 valence electrons. The van der Waals surface area contributed by atoms with E-state index in [1.165, 1.54) is 12.1 Å². The highest BCUT2D eigenvalue weighted by Gasteiger charge is 2.21. The highest BCUT2D eigenvalue weighted by Crippen LogP contribution is 2.27. The van der Waals surface area contributed by atoms with E-state index in [0.717, 1.165) is 36.5 Å². The van der Waals surface area contributed by atoms with Gasteiger partial charge in [-0.3, -0.25) is 4.68 Å². The molecule has 2 aromatic rings. The normalized spacial score (nSPS) is 12.4. The molecule has 0 aliphatic carbocycles. The predicted molar refractivity (Wildman–Crippen MR) is 81.0 cm³/mol. The van der Waals surface area contributed by atoms with Crippen molar-refractivity contribution in [2.45, 2.75) is 32.9 Å². The summed E-state index contributed by atoms with van der Waals surface area (Å²) in [6, 6.07) is 6.70. The molecule has 0 amide bonds. The Hall–Kier alpha value is -1.88. The minimum absolute atomic E-state index is 0.0814. The number of hydrogen-bond donors (Lipinski definition) is 1. The lowest BCUT2D eigenvalue weighted by Crippen LogP contribution is -2.26. The van der Waals surface area contributed by atoms with Gasteiger partial charge in [0.2, 0.25) is 0 Å². The van der Waals surface area contributed by atoms with Gasteiger partial charge in [-0.05, 0) is 37.6 Å². The Labute approximate surface area is 124 Å². The van der Waals surface area contributed by atoms with Crippen LogP contribution < -0.4 is 10.1 Å². The Balaban J connectivity index is 2.30. The molecule has 0 radical (unpaired) electrons. The van der Waals surface area contributed by atoms with E-state index in [-0.39, 0.29) is 11.9 Å². The van der Waals surface area contributed by atoms with Crippen LogP contribution >= 0.6 is 0 Å². The molecule has 5 heteroatoms. The molecule has 1 atom stereocenters. The van der Waals surface area contributed by atoms with Crippen LogP contribution in [0, 0.1) is 5.82 Å². The second-order valence-electron chi connectivity index (χ2n) is 4.85.